The highest BCUT2D eigenvalue weighted by molar-refractivity contribution is 5.85. The van der Waals surface area contributed by atoms with Crippen LogP contribution in [-0.4, -0.2) is 38.8 Å². The molecule has 4 nitrogen and oxygen atoms in total. The molecule has 0 spiro atoms. The number of carbonyl (C=O) groups is 1. The maximum absolute atomic E-state index is 12.0. The van der Waals surface area contributed by atoms with E-state index >= 15 is 0 Å². The van der Waals surface area contributed by atoms with Crippen LogP contribution in [0.4, 0.5) is 0 Å². The molecule has 2 heterocycles. The van der Waals surface area contributed by atoms with Crippen LogP contribution >= 0.6 is 12.4 Å². The summed E-state index contributed by atoms with van der Waals surface area (Å²) in [5, 5.41) is 6.35. The van der Waals surface area contributed by atoms with Gasteiger partial charge in [-0.2, -0.15) is 0 Å². The molecule has 0 saturated carbocycles. The second kappa shape index (κ2) is 6.57. The van der Waals surface area contributed by atoms with Gasteiger partial charge >= 0.3 is 0 Å². The molecule has 2 aliphatic heterocycles. The van der Waals surface area contributed by atoms with Crippen LogP contribution in [0.2, 0.25) is 0 Å². The molecule has 0 aliphatic carbocycles. The Balaban J connectivity index is 0.00000144. The molecule has 0 radical (unpaired) electrons. The lowest BCUT2D eigenvalue weighted by molar-refractivity contribution is -0.129. The molecule has 0 aromatic rings. The van der Waals surface area contributed by atoms with E-state index in [1.165, 1.54) is 0 Å². The molecule has 17 heavy (non-hydrogen) atoms. The van der Waals surface area contributed by atoms with E-state index in [0.29, 0.717) is 5.92 Å². The summed E-state index contributed by atoms with van der Waals surface area (Å²) in [7, 11) is 0. The summed E-state index contributed by atoms with van der Waals surface area (Å²) in [5.74, 6) is 0.819. The van der Waals surface area contributed by atoms with Gasteiger partial charge in [-0.1, -0.05) is 0 Å². The van der Waals surface area contributed by atoms with Crippen LogP contribution in [0.3, 0.4) is 0 Å². The number of carbonyl (C=O) groups excluding carboxylic acids is 1. The minimum atomic E-state index is -0.189. The van der Waals surface area contributed by atoms with E-state index in [4.69, 9.17) is 4.74 Å². The molecule has 100 valence electrons. The van der Waals surface area contributed by atoms with Crippen molar-refractivity contribution in [1.29, 1.82) is 0 Å². The number of hydrogen-bond donors (Lipinski definition) is 2. The largest absolute Gasteiger partial charge is 0.381 e. The van der Waals surface area contributed by atoms with Crippen molar-refractivity contribution >= 4 is 18.3 Å². The van der Waals surface area contributed by atoms with E-state index in [1.54, 1.807) is 0 Å². The highest BCUT2D eigenvalue weighted by atomic mass is 35.5. The van der Waals surface area contributed by atoms with Gasteiger partial charge in [0.25, 0.3) is 0 Å². The van der Waals surface area contributed by atoms with Crippen molar-refractivity contribution in [2.45, 2.75) is 26.2 Å². The maximum Gasteiger partial charge on any atom is 0.227 e. The van der Waals surface area contributed by atoms with Crippen LogP contribution in [0.15, 0.2) is 0 Å². The van der Waals surface area contributed by atoms with Gasteiger partial charge in [0.15, 0.2) is 0 Å². The van der Waals surface area contributed by atoms with Gasteiger partial charge in [-0.25, -0.2) is 0 Å². The third-order valence-electron chi connectivity index (χ3n) is 3.81. The molecule has 2 aliphatic rings. The summed E-state index contributed by atoms with van der Waals surface area (Å²) in [5.41, 5.74) is -0.189. The normalized spacial score (nSPS) is 29.7. The Bertz CT molecular complexity index is 249. The van der Waals surface area contributed by atoms with Crippen molar-refractivity contribution in [2.24, 2.45) is 11.3 Å². The minimum Gasteiger partial charge on any atom is -0.381 e. The van der Waals surface area contributed by atoms with Crippen molar-refractivity contribution in [1.82, 2.24) is 10.6 Å². The van der Waals surface area contributed by atoms with Gasteiger partial charge in [-0.3, -0.25) is 4.79 Å². The summed E-state index contributed by atoms with van der Waals surface area (Å²) < 4.78 is 5.30. The van der Waals surface area contributed by atoms with Crippen molar-refractivity contribution in [3.63, 3.8) is 0 Å². The molecule has 2 saturated heterocycles. The maximum atomic E-state index is 12.0. The fourth-order valence-corrected chi connectivity index (χ4v) is 2.41. The number of hydrogen-bond acceptors (Lipinski definition) is 3. The van der Waals surface area contributed by atoms with Gasteiger partial charge in [0.1, 0.15) is 0 Å². The first-order chi connectivity index (χ1) is 7.71. The summed E-state index contributed by atoms with van der Waals surface area (Å²) >= 11 is 0. The van der Waals surface area contributed by atoms with Crippen LogP contribution in [0.25, 0.3) is 0 Å². The van der Waals surface area contributed by atoms with E-state index < -0.39 is 0 Å². The summed E-state index contributed by atoms with van der Waals surface area (Å²) in [6, 6.07) is 0. The standard InChI is InChI=1S/C12H22N2O2.ClH/c1-12(4-5-13-9-12)11(15)14-8-10-2-6-16-7-3-10;/h10,13H,2-9H2,1H3,(H,14,15);1H. The molecule has 5 heteroatoms. The second-order valence-electron chi connectivity index (χ2n) is 5.25. The number of halogens is 1. The first-order valence-electron chi connectivity index (χ1n) is 6.27. The Morgan fingerprint density at radius 3 is 2.76 bits per heavy atom. The first-order valence-corrected chi connectivity index (χ1v) is 6.27. The van der Waals surface area contributed by atoms with Crippen molar-refractivity contribution < 1.29 is 9.53 Å². The smallest absolute Gasteiger partial charge is 0.227 e. The first kappa shape index (κ1) is 14.7. The topological polar surface area (TPSA) is 50.4 Å². The highest BCUT2D eigenvalue weighted by Gasteiger charge is 2.36. The summed E-state index contributed by atoms with van der Waals surface area (Å²) in [4.78, 5) is 12.0. The lowest BCUT2D eigenvalue weighted by Gasteiger charge is -2.26. The number of nitrogens with one attached hydrogen (secondary N) is 2. The third-order valence-corrected chi connectivity index (χ3v) is 3.81. The third kappa shape index (κ3) is 3.83. The lowest BCUT2D eigenvalue weighted by atomic mass is 9.88. The predicted octanol–water partition coefficient (Wildman–Crippen LogP) is 0.951. The second-order valence-corrected chi connectivity index (χ2v) is 5.25. The Labute approximate surface area is 109 Å². The van der Waals surface area contributed by atoms with E-state index in [0.717, 1.165) is 52.1 Å². The van der Waals surface area contributed by atoms with Crippen LogP contribution in [0, 0.1) is 11.3 Å². The molecular formula is C12H23ClN2O2. The molecule has 0 aromatic carbocycles. The molecule has 1 unspecified atom stereocenters. The van der Waals surface area contributed by atoms with Gasteiger partial charge in [0.2, 0.25) is 5.91 Å². The Morgan fingerprint density at radius 1 is 1.47 bits per heavy atom. The Morgan fingerprint density at radius 2 is 2.18 bits per heavy atom. The average molecular weight is 263 g/mol. The number of rotatable bonds is 3. The fraction of sp³-hybridized carbons (Fsp3) is 0.917. The van der Waals surface area contributed by atoms with Crippen molar-refractivity contribution in [3.8, 4) is 0 Å². The molecule has 2 N–H and O–H groups in total. The molecule has 1 amide bonds. The van der Waals surface area contributed by atoms with Crippen LogP contribution < -0.4 is 10.6 Å². The molecule has 0 aromatic heterocycles. The fourth-order valence-electron chi connectivity index (χ4n) is 2.41. The quantitative estimate of drug-likeness (QED) is 0.796. The monoisotopic (exact) mass is 262 g/mol. The van der Waals surface area contributed by atoms with Crippen molar-refractivity contribution in [3.05, 3.63) is 0 Å². The predicted molar refractivity (Wildman–Crippen MR) is 69.4 cm³/mol. The van der Waals surface area contributed by atoms with Crippen LogP contribution in [0.1, 0.15) is 26.2 Å². The number of ether oxygens (including phenoxy) is 1. The average Bonchev–Trinajstić information content (AvgIpc) is 2.76. The number of amides is 1. The van der Waals surface area contributed by atoms with Gasteiger partial charge in [0, 0.05) is 26.3 Å². The highest BCUT2D eigenvalue weighted by Crippen LogP contribution is 2.24. The van der Waals surface area contributed by atoms with Crippen molar-refractivity contribution in [2.75, 3.05) is 32.8 Å². The molecular weight excluding hydrogens is 240 g/mol. The van der Waals surface area contributed by atoms with E-state index in [-0.39, 0.29) is 23.7 Å². The molecule has 2 fully saturated rings. The van der Waals surface area contributed by atoms with E-state index in [9.17, 15) is 4.79 Å². The van der Waals surface area contributed by atoms with Crippen LogP contribution in [0.5, 0.6) is 0 Å². The lowest BCUT2D eigenvalue weighted by Crippen LogP contribution is -2.42. The molecule has 0 bridgehead atoms. The summed E-state index contributed by atoms with van der Waals surface area (Å²) in [6.07, 6.45) is 3.11. The SMILES string of the molecule is CC1(C(=O)NCC2CCOCC2)CCNC1.Cl. The van der Waals surface area contributed by atoms with Gasteiger partial charge < -0.3 is 15.4 Å². The Hall–Kier alpha value is -0.320. The zero-order chi connectivity index (χ0) is 11.4. The summed E-state index contributed by atoms with van der Waals surface area (Å²) in [6.45, 7) is 6.33. The van der Waals surface area contributed by atoms with Gasteiger partial charge in [-0.15, -0.1) is 12.4 Å². The van der Waals surface area contributed by atoms with Crippen LogP contribution in [-0.2, 0) is 9.53 Å². The van der Waals surface area contributed by atoms with Gasteiger partial charge in [-0.05, 0) is 38.6 Å². The molecule has 2 rings (SSSR count). The zero-order valence-electron chi connectivity index (χ0n) is 10.5. The van der Waals surface area contributed by atoms with E-state index in [1.807, 2.05) is 6.92 Å². The molecule has 1 atom stereocenters. The zero-order valence-corrected chi connectivity index (χ0v) is 11.3. The van der Waals surface area contributed by atoms with Gasteiger partial charge in [0.05, 0.1) is 5.41 Å². The van der Waals surface area contributed by atoms with E-state index in [2.05, 4.69) is 10.6 Å². The Kier molecular flexibility index (Phi) is 5.70. The minimum absolute atomic E-state index is 0.